The van der Waals surface area contributed by atoms with Crippen LogP contribution in [-0.4, -0.2) is 43.5 Å². The number of rotatable bonds is 6. The van der Waals surface area contributed by atoms with Crippen molar-refractivity contribution in [1.29, 1.82) is 0 Å². The lowest BCUT2D eigenvalue weighted by Crippen LogP contribution is -2.38. The third-order valence-electron chi connectivity index (χ3n) is 6.05. The first-order valence-electron chi connectivity index (χ1n) is 10.6. The highest BCUT2D eigenvalue weighted by molar-refractivity contribution is 6.07. The van der Waals surface area contributed by atoms with Crippen LogP contribution in [0.25, 0.3) is 0 Å². The molecule has 158 valence electrons. The fourth-order valence-corrected chi connectivity index (χ4v) is 4.34. The molecule has 0 spiro atoms. The molecule has 2 fully saturated rings. The monoisotopic (exact) mass is 407 g/mol. The number of amides is 2. The maximum absolute atomic E-state index is 13.3. The molecule has 2 aliphatic heterocycles. The first-order chi connectivity index (χ1) is 14.4. The van der Waals surface area contributed by atoms with E-state index in [4.69, 9.17) is 4.84 Å². The van der Waals surface area contributed by atoms with Crippen molar-refractivity contribution in [3.63, 3.8) is 0 Å². The zero-order valence-electron chi connectivity index (χ0n) is 18.0. The average Bonchev–Trinajstić information content (AvgIpc) is 3.23. The van der Waals surface area contributed by atoms with Crippen molar-refractivity contribution in [1.82, 2.24) is 4.90 Å². The number of anilines is 2. The third-order valence-corrected chi connectivity index (χ3v) is 6.05. The summed E-state index contributed by atoms with van der Waals surface area (Å²) in [6, 6.07) is 15.7. The van der Waals surface area contributed by atoms with Gasteiger partial charge < -0.3 is 4.90 Å². The van der Waals surface area contributed by atoms with Gasteiger partial charge in [0.25, 0.3) is 5.91 Å². The van der Waals surface area contributed by atoms with Crippen molar-refractivity contribution in [2.24, 2.45) is 5.92 Å². The number of carbonyl (C=O) groups is 2. The number of carbonyl (C=O) groups excluding carboxylic acids is 2. The van der Waals surface area contributed by atoms with Crippen molar-refractivity contribution < 1.29 is 14.4 Å². The largest absolute Gasteiger partial charge is 0.378 e. The summed E-state index contributed by atoms with van der Waals surface area (Å²) in [5, 5.41) is 1.78. The van der Waals surface area contributed by atoms with Gasteiger partial charge in [-0.3, -0.25) is 19.3 Å². The summed E-state index contributed by atoms with van der Waals surface area (Å²) in [6.45, 7) is 4.52. The van der Waals surface area contributed by atoms with Gasteiger partial charge in [-0.25, -0.2) is 5.06 Å². The smallest absolute Gasteiger partial charge is 0.261 e. The molecule has 0 radical (unpaired) electrons. The molecule has 4 rings (SSSR count). The maximum atomic E-state index is 13.3. The Labute approximate surface area is 178 Å². The zero-order chi connectivity index (χ0) is 21.4. The van der Waals surface area contributed by atoms with Crippen LogP contribution in [0.1, 0.15) is 36.9 Å². The molecule has 0 aliphatic carbocycles. The topological polar surface area (TPSA) is 53.1 Å². The highest BCUT2D eigenvalue weighted by Crippen LogP contribution is 2.47. The summed E-state index contributed by atoms with van der Waals surface area (Å²) >= 11 is 0. The van der Waals surface area contributed by atoms with E-state index >= 15 is 0 Å². The Morgan fingerprint density at radius 3 is 2.33 bits per heavy atom. The molecule has 2 aromatic carbocycles. The van der Waals surface area contributed by atoms with Gasteiger partial charge in [-0.1, -0.05) is 43.7 Å². The van der Waals surface area contributed by atoms with E-state index in [9.17, 15) is 9.59 Å². The average molecular weight is 408 g/mol. The lowest BCUT2D eigenvalue weighted by molar-refractivity contribution is -0.143. The van der Waals surface area contributed by atoms with Crippen LogP contribution < -0.4 is 9.96 Å². The molecule has 0 bridgehead atoms. The molecule has 0 aromatic heterocycles. The minimum atomic E-state index is -0.771. The molecule has 0 unspecified atom stereocenters. The van der Waals surface area contributed by atoms with E-state index in [0.29, 0.717) is 6.54 Å². The predicted molar refractivity (Wildman–Crippen MR) is 117 cm³/mol. The highest BCUT2D eigenvalue weighted by atomic mass is 16.7. The van der Waals surface area contributed by atoms with Gasteiger partial charge in [-0.05, 0) is 42.7 Å². The molecule has 2 amide bonds. The predicted octanol–water partition coefficient (Wildman–Crippen LogP) is 3.71. The van der Waals surface area contributed by atoms with Gasteiger partial charge in [0.1, 0.15) is 5.92 Å². The van der Waals surface area contributed by atoms with E-state index in [2.05, 4.69) is 6.92 Å². The number of para-hydroxylation sites is 1. The number of hydrogen-bond acceptors (Lipinski definition) is 5. The number of fused-ring (bicyclic) bond motifs is 1. The molecule has 2 saturated heterocycles. The fraction of sp³-hybridized carbons (Fsp3) is 0.417. The quantitative estimate of drug-likeness (QED) is 0.684. The van der Waals surface area contributed by atoms with Gasteiger partial charge in [-0.15, -0.1) is 0 Å². The van der Waals surface area contributed by atoms with Crippen LogP contribution in [0.3, 0.4) is 0 Å². The van der Waals surface area contributed by atoms with Crippen molar-refractivity contribution >= 4 is 23.2 Å². The Balaban J connectivity index is 1.75. The van der Waals surface area contributed by atoms with Gasteiger partial charge >= 0.3 is 0 Å². The minimum Gasteiger partial charge on any atom is -0.378 e. The van der Waals surface area contributed by atoms with Crippen LogP contribution in [0, 0.1) is 12.8 Å². The maximum Gasteiger partial charge on any atom is 0.261 e. The van der Waals surface area contributed by atoms with Crippen molar-refractivity contribution in [3.05, 3.63) is 59.7 Å². The van der Waals surface area contributed by atoms with Crippen molar-refractivity contribution in [3.8, 4) is 0 Å². The molecule has 2 heterocycles. The minimum absolute atomic E-state index is 0.128. The van der Waals surface area contributed by atoms with Crippen LogP contribution in [0.2, 0.25) is 0 Å². The molecule has 0 saturated carbocycles. The van der Waals surface area contributed by atoms with Gasteiger partial charge in [0.15, 0.2) is 6.10 Å². The van der Waals surface area contributed by atoms with Crippen molar-refractivity contribution in [2.45, 2.75) is 38.8 Å². The Hall–Kier alpha value is -2.86. The van der Waals surface area contributed by atoms with E-state index < -0.39 is 12.0 Å². The number of hydroxylamine groups is 1. The summed E-state index contributed by atoms with van der Waals surface area (Å²) < 4.78 is 0. The molecule has 2 aliphatic rings. The molecule has 30 heavy (non-hydrogen) atoms. The second-order valence-corrected chi connectivity index (χ2v) is 8.28. The molecule has 6 nitrogen and oxygen atoms in total. The number of benzene rings is 2. The summed E-state index contributed by atoms with van der Waals surface area (Å²) in [5.74, 6) is -0.889. The van der Waals surface area contributed by atoms with Gasteiger partial charge in [0, 0.05) is 26.3 Å². The fourth-order valence-electron chi connectivity index (χ4n) is 4.34. The SMILES string of the molecule is CCCCN1C(=O)[C@H]2[C@@H](ON(c3ccccc3C)[C@H]2c2ccc(N(C)C)cc2)C1=O. The Bertz CT molecular complexity index is 941. The number of hydrogen-bond donors (Lipinski definition) is 0. The van der Waals surface area contributed by atoms with E-state index in [1.165, 1.54) is 4.90 Å². The highest BCUT2D eigenvalue weighted by Gasteiger charge is 2.59. The second-order valence-electron chi connectivity index (χ2n) is 8.28. The second kappa shape index (κ2) is 8.11. The molecule has 3 atom stereocenters. The zero-order valence-corrected chi connectivity index (χ0v) is 18.0. The first kappa shape index (κ1) is 20.4. The van der Waals surface area contributed by atoms with Crippen molar-refractivity contribution in [2.75, 3.05) is 30.6 Å². The van der Waals surface area contributed by atoms with Gasteiger partial charge in [0.05, 0.1) is 11.7 Å². The van der Waals surface area contributed by atoms with Crippen LogP contribution in [0.4, 0.5) is 11.4 Å². The molecule has 2 aromatic rings. The van der Waals surface area contributed by atoms with E-state index in [0.717, 1.165) is 35.3 Å². The third kappa shape index (κ3) is 3.35. The molecular weight excluding hydrogens is 378 g/mol. The normalized spacial score (nSPS) is 23.3. The Morgan fingerprint density at radius 1 is 1.00 bits per heavy atom. The Kier molecular flexibility index (Phi) is 5.52. The molecular formula is C24H29N3O3. The standard InChI is InChI=1S/C24H29N3O3/c1-5-6-15-26-23(28)20-21(17-11-13-18(14-12-17)25(3)4)27(30-22(20)24(26)29)19-10-8-7-9-16(19)2/h7-14,20-22H,5-6,15H2,1-4H3/t20-,21+,22-/m1/s1. The number of likely N-dealkylation sites (tertiary alicyclic amines) is 1. The van der Waals surface area contributed by atoms with E-state index in [1.54, 1.807) is 5.06 Å². The van der Waals surface area contributed by atoms with E-state index in [-0.39, 0.29) is 17.9 Å². The summed E-state index contributed by atoms with van der Waals surface area (Å²) in [7, 11) is 3.99. The summed E-state index contributed by atoms with van der Waals surface area (Å²) in [5.41, 5.74) is 3.97. The number of nitrogens with zero attached hydrogens (tertiary/aromatic N) is 3. The van der Waals surface area contributed by atoms with Gasteiger partial charge in [0.2, 0.25) is 5.91 Å². The van der Waals surface area contributed by atoms with Crippen LogP contribution >= 0.6 is 0 Å². The number of unbranched alkanes of at least 4 members (excludes halogenated alkanes) is 1. The van der Waals surface area contributed by atoms with Crippen LogP contribution in [0.5, 0.6) is 0 Å². The first-order valence-corrected chi connectivity index (χ1v) is 10.6. The Morgan fingerprint density at radius 2 is 1.70 bits per heavy atom. The lowest BCUT2D eigenvalue weighted by Gasteiger charge is -2.30. The molecule has 6 heteroatoms. The number of aryl methyl sites for hydroxylation is 1. The van der Waals surface area contributed by atoms with Crippen LogP contribution in [-0.2, 0) is 14.4 Å². The van der Waals surface area contributed by atoms with Gasteiger partial charge in [-0.2, -0.15) is 0 Å². The lowest BCUT2D eigenvalue weighted by atomic mass is 9.90. The summed E-state index contributed by atoms with van der Waals surface area (Å²) in [6.07, 6.45) is 0.964. The molecule has 0 N–H and O–H groups in total. The van der Waals surface area contributed by atoms with Crippen LogP contribution in [0.15, 0.2) is 48.5 Å². The number of imide groups is 1. The summed E-state index contributed by atoms with van der Waals surface area (Å²) in [4.78, 5) is 36.0. The van der Waals surface area contributed by atoms with E-state index in [1.807, 2.05) is 74.4 Å².